The number of para-hydroxylation sites is 2. The number of amides is 4. The van der Waals surface area contributed by atoms with Gasteiger partial charge < -0.3 is 20.4 Å². The number of benzene rings is 2. The monoisotopic (exact) mass is 434 g/mol. The van der Waals surface area contributed by atoms with Gasteiger partial charge >= 0.3 is 11.8 Å². The Hall–Kier alpha value is -3.68. The molecule has 2 aromatic carbocycles. The maximum absolute atomic E-state index is 12.7. The molecule has 2 aromatic rings. The van der Waals surface area contributed by atoms with Crippen LogP contribution in [-0.4, -0.2) is 36.7 Å². The Morgan fingerprint density at radius 2 is 1.06 bits per heavy atom. The van der Waals surface area contributed by atoms with Crippen molar-refractivity contribution in [3.8, 4) is 0 Å². The van der Waals surface area contributed by atoms with Gasteiger partial charge in [0.1, 0.15) is 0 Å². The van der Waals surface area contributed by atoms with E-state index in [2.05, 4.69) is 10.6 Å². The Balaban J connectivity index is 1.47. The molecule has 166 valence electrons. The zero-order valence-electron chi connectivity index (χ0n) is 18.1. The Morgan fingerprint density at radius 1 is 0.688 bits per heavy atom. The number of nitrogens with one attached hydrogen (secondary N) is 2. The smallest absolute Gasteiger partial charge is 0.309 e. The van der Waals surface area contributed by atoms with Gasteiger partial charge in [0.05, 0.1) is 12.1 Å². The first-order valence-corrected chi connectivity index (χ1v) is 10.7. The van der Waals surface area contributed by atoms with Crippen molar-refractivity contribution in [1.82, 2.24) is 10.6 Å². The van der Waals surface area contributed by atoms with Crippen LogP contribution >= 0.6 is 0 Å². The molecule has 2 aliphatic heterocycles. The second-order valence-electron chi connectivity index (χ2n) is 8.09. The van der Waals surface area contributed by atoms with Gasteiger partial charge in [0.15, 0.2) is 0 Å². The fourth-order valence-corrected chi connectivity index (χ4v) is 4.53. The molecule has 0 aliphatic carbocycles. The van der Waals surface area contributed by atoms with E-state index in [1.54, 1.807) is 9.80 Å². The highest BCUT2D eigenvalue weighted by Crippen LogP contribution is 2.35. The van der Waals surface area contributed by atoms with E-state index < -0.39 is 11.8 Å². The van der Waals surface area contributed by atoms with Crippen molar-refractivity contribution in [2.75, 3.05) is 22.9 Å². The van der Waals surface area contributed by atoms with Crippen LogP contribution in [0.1, 0.15) is 49.9 Å². The summed E-state index contributed by atoms with van der Waals surface area (Å²) in [6.07, 6.45) is 1.05. The van der Waals surface area contributed by atoms with E-state index in [0.717, 1.165) is 22.5 Å². The molecule has 2 N–H and O–H groups in total. The normalized spacial score (nSPS) is 19.4. The average Bonchev–Trinajstić information content (AvgIpc) is 2.79. The predicted molar refractivity (Wildman–Crippen MR) is 120 cm³/mol. The molecule has 4 rings (SSSR count). The third-order valence-electron chi connectivity index (χ3n) is 6.07. The van der Waals surface area contributed by atoms with Crippen molar-refractivity contribution >= 4 is 35.0 Å². The molecule has 2 atom stereocenters. The van der Waals surface area contributed by atoms with Crippen molar-refractivity contribution in [2.24, 2.45) is 0 Å². The summed E-state index contributed by atoms with van der Waals surface area (Å²) in [4.78, 5) is 52.7. The van der Waals surface area contributed by atoms with Gasteiger partial charge in [-0.1, -0.05) is 36.4 Å². The minimum atomic E-state index is -0.715. The molecule has 2 aliphatic rings. The SMILES string of the molecule is CC(=O)N1CCC(NC(=O)C(=O)NC2CCN(C(C)=O)c3ccccc32)c2ccccc21. The van der Waals surface area contributed by atoms with Crippen LogP contribution in [0.5, 0.6) is 0 Å². The molecule has 8 heteroatoms. The van der Waals surface area contributed by atoms with Crippen LogP contribution in [0.2, 0.25) is 0 Å². The zero-order chi connectivity index (χ0) is 22.8. The van der Waals surface area contributed by atoms with Gasteiger partial charge in [-0.15, -0.1) is 0 Å². The summed E-state index contributed by atoms with van der Waals surface area (Å²) in [5.74, 6) is -1.55. The maximum atomic E-state index is 12.7. The highest BCUT2D eigenvalue weighted by Gasteiger charge is 2.32. The average molecular weight is 434 g/mol. The molecule has 0 saturated heterocycles. The summed E-state index contributed by atoms with van der Waals surface area (Å²) >= 11 is 0. The van der Waals surface area contributed by atoms with E-state index in [1.165, 1.54) is 13.8 Å². The second kappa shape index (κ2) is 8.82. The molecule has 0 saturated carbocycles. The van der Waals surface area contributed by atoms with Gasteiger partial charge in [-0.3, -0.25) is 19.2 Å². The van der Waals surface area contributed by atoms with Crippen molar-refractivity contribution in [1.29, 1.82) is 0 Å². The van der Waals surface area contributed by atoms with E-state index in [4.69, 9.17) is 0 Å². The van der Waals surface area contributed by atoms with Crippen LogP contribution in [0.4, 0.5) is 11.4 Å². The zero-order valence-corrected chi connectivity index (χ0v) is 18.1. The summed E-state index contributed by atoms with van der Waals surface area (Å²) in [7, 11) is 0. The summed E-state index contributed by atoms with van der Waals surface area (Å²) in [6, 6.07) is 14.1. The Kier molecular flexibility index (Phi) is 5.94. The fourth-order valence-electron chi connectivity index (χ4n) is 4.53. The van der Waals surface area contributed by atoms with Crippen LogP contribution in [0.3, 0.4) is 0 Å². The first kappa shape index (κ1) is 21.5. The van der Waals surface area contributed by atoms with E-state index in [-0.39, 0.29) is 23.9 Å². The van der Waals surface area contributed by atoms with E-state index in [9.17, 15) is 19.2 Å². The molecule has 8 nitrogen and oxygen atoms in total. The Morgan fingerprint density at radius 3 is 1.44 bits per heavy atom. The number of anilines is 2. The van der Waals surface area contributed by atoms with Crippen LogP contribution in [0.15, 0.2) is 48.5 Å². The summed E-state index contributed by atoms with van der Waals surface area (Å²) < 4.78 is 0. The summed E-state index contributed by atoms with van der Waals surface area (Å²) in [6.45, 7) is 3.96. The standard InChI is InChI=1S/C24H26N4O4/c1-15(29)27-13-11-19(17-7-3-5-9-21(17)27)25-23(31)24(32)26-20-12-14-28(16(2)30)22-10-6-4-8-18(20)22/h3-10,19-20H,11-14H2,1-2H3,(H,25,31)(H,26,32). The first-order valence-electron chi connectivity index (χ1n) is 10.7. The first-order chi connectivity index (χ1) is 15.4. The number of fused-ring (bicyclic) bond motifs is 2. The highest BCUT2D eigenvalue weighted by molar-refractivity contribution is 6.35. The molecule has 32 heavy (non-hydrogen) atoms. The third-order valence-corrected chi connectivity index (χ3v) is 6.07. The topological polar surface area (TPSA) is 98.8 Å². The Bertz CT molecular complexity index is 998. The largest absolute Gasteiger partial charge is 0.341 e. The molecule has 2 unspecified atom stereocenters. The van der Waals surface area contributed by atoms with E-state index >= 15 is 0 Å². The minimum absolute atomic E-state index is 0.0597. The minimum Gasteiger partial charge on any atom is -0.341 e. The van der Waals surface area contributed by atoms with Crippen LogP contribution in [0.25, 0.3) is 0 Å². The molecule has 0 bridgehead atoms. The molecular weight excluding hydrogens is 408 g/mol. The van der Waals surface area contributed by atoms with Gasteiger partial charge in [-0.05, 0) is 36.1 Å². The molecule has 4 amide bonds. The van der Waals surface area contributed by atoms with Crippen LogP contribution < -0.4 is 20.4 Å². The van der Waals surface area contributed by atoms with E-state index in [1.807, 2.05) is 48.5 Å². The quantitative estimate of drug-likeness (QED) is 0.708. The number of carbonyl (C=O) groups excluding carboxylic acids is 4. The van der Waals surface area contributed by atoms with Gasteiger partial charge in [-0.2, -0.15) is 0 Å². The summed E-state index contributed by atoms with van der Waals surface area (Å²) in [5.41, 5.74) is 3.13. The Labute approximate surface area is 186 Å². The van der Waals surface area contributed by atoms with Gasteiger partial charge in [0.25, 0.3) is 0 Å². The number of nitrogens with zero attached hydrogens (tertiary/aromatic N) is 2. The third kappa shape index (κ3) is 4.08. The lowest BCUT2D eigenvalue weighted by Crippen LogP contribution is -2.47. The summed E-state index contributed by atoms with van der Waals surface area (Å²) in [5, 5.41) is 5.64. The van der Waals surface area contributed by atoms with E-state index in [0.29, 0.717) is 25.9 Å². The lowest BCUT2D eigenvalue weighted by atomic mass is 9.95. The van der Waals surface area contributed by atoms with Crippen LogP contribution in [0, 0.1) is 0 Å². The molecule has 0 fully saturated rings. The van der Waals surface area contributed by atoms with Gasteiger partial charge in [0.2, 0.25) is 11.8 Å². The van der Waals surface area contributed by atoms with Gasteiger partial charge in [-0.25, -0.2) is 0 Å². The molecular formula is C24H26N4O4. The lowest BCUT2D eigenvalue weighted by Gasteiger charge is -2.35. The van der Waals surface area contributed by atoms with Crippen molar-refractivity contribution in [2.45, 2.75) is 38.8 Å². The number of carbonyl (C=O) groups is 4. The number of hydrogen-bond acceptors (Lipinski definition) is 4. The van der Waals surface area contributed by atoms with Gasteiger partial charge in [0, 0.05) is 38.3 Å². The predicted octanol–water partition coefficient (Wildman–Crippen LogP) is 2.21. The lowest BCUT2D eigenvalue weighted by molar-refractivity contribution is -0.140. The van der Waals surface area contributed by atoms with Crippen LogP contribution in [-0.2, 0) is 19.2 Å². The van der Waals surface area contributed by atoms with Crippen molar-refractivity contribution < 1.29 is 19.2 Å². The molecule has 0 radical (unpaired) electrons. The maximum Gasteiger partial charge on any atom is 0.309 e. The molecule has 0 spiro atoms. The highest BCUT2D eigenvalue weighted by atomic mass is 16.2. The van der Waals surface area contributed by atoms with Crippen molar-refractivity contribution in [3.05, 3.63) is 59.7 Å². The molecule has 0 aromatic heterocycles. The fraction of sp³-hybridized carbons (Fsp3) is 0.333. The number of rotatable bonds is 2. The van der Waals surface area contributed by atoms with Crippen molar-refractivity contribution in [3.63, 3.8) is 0 Å². The molecule has 2 heterocycles. The number of hydrogen-bond donors (Lipinski definition) is 2. The second-order valence-corrected chi connectivity index (χ2v) is 8.09.